The monoisotopic (exact) mass is 251 g/mol. The van der Waals surface area contributed by atoms with Gasteiger partial charge in [-0.3, -0.25) is 4.79 Å². The fourth-order valence-corrected chi connectivity index (χ4v) is 2.08. The third-order valence-corrected chi connectivity index (χ3v) is 3.09. The highest BCUT2D eigenvalue weighted by molar-refractivity contribution is 9.10. The number of halogens is 1. The van der Waals surface area contributed by atoms with Gasteiger partial charge >= 0.3 is 0 Å². The molecule has 0 saturated heterocycles. The number of aromatic nitrogens is 1. The SMILES string of the molecule is Cc1cc2c(Br)cccc2n(C)c1=O. The molecule has 0 amide bonds. The molecule has 0 spiro atoms. The quantitative estimate of drug-likeness (QED) is 0.706. The summed E-state index contributed by atoms with van der Waals surface area (Å²) in [6, 6.07) is 7.77. The fraction of sp³-hybridized carbons (Fsp3) is 0.182. The molecule has 0 fully saturated rings. The summed E-state index contributed by atoms with van der Waals surface area (Å²) in [6.07, 6.45) is 0. The van der Waals surface area contributed by atoms with Crippen LogP contribution in [0.1, 0.15) is 5.56 Å². The van der Waals surface area contributed by atoms with Crippen molar-refractivity contribution in [3.63, 3.8) is 0 Å². The van der Waals surface area contributed by atoms with E-state index in [9.17, 15) is 4.79 Å². The molecule has 0 aliphatic carbocycles. The summed E-state index contributed by atoms with van der Waals surface area (Å²) in [5.74, 6) is 0. The first-order valence-corrected chi connectivity index (χ1v) is 5.15. The summed E-state index contributed by atoms with van der Waals surface area (Å²) in [5, 5.41) is 1.08. The van der Waals surface area contributed by atoms with Crippen LogP contribution in [0.25, 0.3) is 10.9 Å². The van der Waals surface area contributed by atoms with E-state index in [2.05, 4.69) is 15.9 Å². The average Bonchev–Trinajstić information content (AvgIpc) is 2.17. The molecule has 0 N–H and O–H groups in total. The summed E-state index contributed by atoms with van der Waals surface area (Å²) < 4.78 is 2.70. The van der Waals surface area contributed by atoms with E-state index in [0.717, 1.165) is 20.9 Å². The molecule has 2 nitrogen and oxygen atoms in total. The molecule has 1 aromatic carbocycles. The average molecular weight is 252 g/mol. The number of hydrogen-bond acceptors (Lipinski definition) is 1. The van der Waals surface area contributed by atoms with Gasteiger partial charge in [0, 0.05) is 22.5 Å². The van der Waals surface area contributed by atoms with Crippen molar-refractivity contribution in [2.24, 2.45) is 7.05 Å². The Bertz CT molecular complexity index is 557. The number of pyridine rings is 1. The normalized spacial score (nSPS) is 10.8. The van der Waals surface area contributed by atoms with Gasteiger partial charge in [0.15, 0.2) is 0 Å². The van der Waals surface area contributed by atoms with Crippen LogP contribution in [-0.2, 0) is 7.05 Å². The lowest BCUT2D eigenvalue weighted by Crippen LogP contribution is -2.19. The Balaban J connectivity index is 3.06. The molecule has 1 heterocycles. The Labute approximate surface area is 90.3 Å². The van der Waals surface area contributed by atoms with E-state index in [1.165, 1.54) is 0 Å². The predicted octanol–water partition coefficient (Wildman–Crippen LogP) is 2.61. The van der Waals surface area contributed by atoms with Gasteiger partial charge in [-0.2, -0.15) is 0 Å². The summed E-state index contributed by atoms with van der Waals surface area (Å²) in [4.78, 5) is 11.6. The number of benzene rings is 1. The highest BCUT2D eigenvalue weighted by atomic mass is 79.9. The first kappa shape index (κ1) is 9.46. The van der Waals surface area contributed by atoms with Gasteiger partial charge in [-0.25, -0.2) is 0 Å². The molecule has 3 heteroatoms. The van der Waals surface area contributed by atoms with Crippen molar-refractivity contribution >= 4 is 26.8 Å². The molecule has 14 heavy (non-hydrogen) atoms. The van der Waals surface area contributed by atoms with Crippen molar-refractivity contribution in [3.8, 4) is 0 Å². The zero-order valence-corrected chi connectivity index (χ0v) is 9.63. The molecule has 0 saturated carbocycles. The molecule has 0 aliphatic rings. The molecule has 72 valence electrons. The number of fused-ring (bicyclic) bond motifs is 1. The fourth-order valence-electron chi connectivity index (χ4n) is 1.61. The third kappa shape index (κ3) is 1.28. The zero-order valence-electron chi connectivity index (χ0n) is 8.04. The maximum atomic E-state index is 11.6. The molecule has 0 unspecified atom stereocenters. The van der Waals surface area contributed by atoms with Gasteiger partial charge in [0.1, 0.15) is 0 Å². The summed E-state index contributed by atoms with van der Waals surface area (Å²) in [6.45, 7) is 1.83. The van der Waals surface area contributed by atoms with Crippen LogP contribution in [0.2, 0.25) is 0 Å². The summed E-state index contributed by atoms with van der Waals surface area (Å²) in [7, 11) is 1.80. The van der Waals surface area contributed by atoms with E-state index < -0.39 is 0 Å². The Hall–Kier alpha value is -1.09. The van der Waals surface area contributed by atoms with Gasteiger partial charge in [-0.05, 0) is 25.1 Å². The van der Waals surface area contributed by atoms with E-state index in [1.54, 1.807) is 11.6 Å². The highest BCUT2D eigenvalue weighted by Gasteiger charge is 2.04. The lowest BCUT2D eigenvalue weighted by Gasteiger charge is -2.07. The smallest absolute Gasteiger partial charge is 0.253 e. The summed E-state index contributed by atoms with van der Waals surface area (Å²) >= 11 is 3.47. The lowest BCUT2D eigenvalue weighted by atomic mass is 10.1. The summed E-state index contributed by atoms with van der Waals surface area (Å²) in [5.41, 5.74) is 1.79. The number of nitrogens with zero attached hydrogens (tertiary/aromatic N) is 1. The van der Waals surface area contributed by atoms with Crippen LogP contribution >= 0.6 is 15.9 Å². The molecular formula is C11H10BrNO. The van der Waals surface area contributed by atoms with Crippen LogP contribution in [-0.4, -0.2) is 4.57 Å². The van der Waals surface area contributed by atoms with E-state index in [-0.39, 0.29) is 5.56 Å². The predicted molar refractivity (Wildman–Crippen MR) is 61.6 cm³/mol. The second-order valence-electron chi connectivity index (χ2n) is 3.36. The second-order valence-corrected chi connectivity index (χ2v) is 4.22. The van der Waals surface area contributed by atoms with Crippen molar-refractivity contribution < 1.29 is 0 Å². The minimum atomic E-state index is 0.0654. The Kier molecular flexibility index (Phi) is 2.19. The molecule has 0 bridgehead atoms. The van der Waals surface area contributed by atoms with Crippen LogP contribution in [0.5, 0.6) is 0 Å². The molecule has 2 rings (SSSR count). The van der Waals surface area contributed by atoms with Gasteiger partial charge in [0.25, 0.3) is 5.56 Å². The molecule has 1 aromatic heterocycles. The van der Waals surface area contributed by atoms with Crippen LogP contribution in [0.3, 0.4) is 0 Å². The second kappa shape index (κ2) is 3.24. The minimum Gasteiger partial charge on any atom is -0.311 e. The zero-order chi connectivity index (χ0) is 10.3. The highest BCUT2D eigenvalue weighted by Crippen LogP contribution is 2.22. The van der Waals surface area contributed by atoms with Gasteiger partial charge in [0.2, 0.25) is 0 Å². The van der Waals surface area contributed by atoms with E-state index >= 15 is 0 Å². The molecule has 0 radical (unpaired) electrons. The van der Waals surface area contributed by atoms with Crippen molar-refractivity contribution in [3.05, 3.63) is 44.7 Å². The van der Waals surface area contributed by atoms with E-state index in [0.29, 0.717) is 0 Å². The first-order chi connectivity index (χ1) is 6.61. The molecule has 0 atom stereocenters. The number of rotatable bonds is 0. The topological polar surface area (TPSA) is 22.0 Å². The molecular weight excluding hydrogens is 242 g/mol. The van der Waals surface area contributed by atoms with E-state index in [4.69, 9.17) is 0 Å². The molecule has 2 aromatic rings. The Morgan fingerprint density at radius 3 is 2.79 bits per heavy atom. The minimum absolute atomic E-state index is 0.0654. The number of hydrogen-bond donors (Lipinski definition) is 0. The largest absolute Gasteiger partial charge is 0.311 e. The third-order valence-electron chi connectivity index (χ3n) is 2.39. The maximum Gasteiger partial charge on any atom is 0.253 e. The van der Waals surface area contributed by atoms with Crippen LogP contribution in [0.15, 0.2) is 33.5 Å². The van der Waals surface area contributed by atoms with E-state index in [1.807, 2.05) is 31.2 Å². The lowest BCUT2D eigenvalue weighted by molar-refractivity contribution is 0.893. The van der Waals surface area contributed by atoms with Crippen molar-refractivity contribution in [1.29, 1.82) is 0 Å². The van der Waals surface area contributed by atoms with Crippen LogP contribution in [0, 0.1) is 6.92 Å². The standard InChI is InChI=1S/C11H10BrNO/c1-7-6-8-9(12)4-3-5-10(8)13(2)11(7)14/h3-6H,1-2H3. The first-order valence-electron chi connectivity index (χ1n) is 4.36. The van der Waals surface area contributed by atoms with Crippen molar-refractivity contribution in [2.45, 2.75) is 6.92 Å². The van der Waals surface area contributed by atoms with Crippen molar-refractivity contribution in [2.75, 3.05) is 0 Å². The van der Waals surface area contributed by atoms with Gasteiger partial charge < -0.3 is 4.57 Å². The maximum absolute atomic E-state index is 11.6. The van der Waals surface area contributed by atoms with Crippen molar-refractivity contribution in [1.82, 2.24) is 4.57 Å². The molecule has 0 aliphatic heterocycles. The van der Waals surface area contributed by atoms with Crippen LogP contribution in [0.4, 0.5) is 0 Å². The van der Waals surface area contributed by atoms with Gasteiger partial charge in [-0.1, -0.05) is 22.0 Å². The Morgan fingerprint density at radius 1 is 1.36 bits per heavy atom. The van der Waals surface area contributed by atoms with Gasteiger partial charge in [0.05, 0.1) is 5.52 Å². The number of aryl methyl sites for hydroxylation is 2. The Morgan fingerprint density at radius 2 is 2.07 bits per heavy atom. The van der Waals surface area contributed by atoms with Gasteiger partial charge in [-0.15, -0.1) is 0 Å². The van der Waals surface area contributed by atoms with Crippen LogP contribution < -0.4 is 5.56 Å².